The van der Waals surface area contributed by atoms with Crippen molar-refractivity contribution < 1.29 is 4.79 Å². The highest BCUT2D eigenvalue weighted by molar-refractivity contribution is 7.18. The Balaban J connectivity index is 1.47. The van der Waals surface area contributed by atoms with Crippen molar-refractivity contribution >= 4 is 33.1 Å². The molecule has 0 saturated carbocycles. The summed E-state index contributed by atoms with van der Waals surface area (Å²) in [5, 5.41) is 3.97. The second-order valence-corrected chi connectivity index (χ2v) is 7.04. The van der Waals surface area contributed by atoms with Crippen LogP contribution in [-0.4, -0.2) is 20.4 Å². The van der Waals surface area contributed by atoms with Gasteiger partial charge in [-0.3, -0.25) is 4.79 Å². The summed E-state index contributed by atoms with van der Waals surface area (Å²) in [4.78, 5) is 20.9. The molecule has 0 spiro atoms. The van der Waals surface area contributed by atoms with Gasteiger partial charge in [-0.15, -0.1) is 11.3 Å². The first-order valence-electron chi connectivity index (χ1n) is 7.90. The van der Waals surface area contributed by atoms with Crippen molar-refractivity contribution in [3.63, 3.8) is 0 Å². The monoisotopic (exact) mass is 348 g/mol. The number of anilines is 1. The van der Waals surface area contributed by atoms with Gasteiger partial charge in [0.05, 0.1) is 21.6 Å². The van der Waals surface area contributed by atoms with Crippen LogP contribution in [0.15, 0.2) is 61.2 Å². The molecule has 2 aromatic heterocycles. The summed E-state index contributed by atoms with van der Waals surface area (Å²) in [5.74, 6) is -0.116. The Morgan fingerprint density at radius 1 is 1.20 bits per heavy atom. The summed E-state index contributed by atoms with van der Waals surface area (Å²) >= 11 is 1.62. The van der Waals surface area contributed by atoms with E-state index in [2.05, 4.69) is 15.3 Å². The fraction of sp³-hybridized carbons (Fsp3) is 0.105. The number of nitrogens with zero attached hydrogens (tertiary/aromatic N) is 3. The van der Waals surface area contributed by atoms with Crippen molar-refractivity contribution in [3.05, 3.63) is 77.3 Å². The van der Waals surface area contributed by atoms with E-state index in [-0.39, 0.29) is 5.91 Å². The summed E-state index contributed by atoms with van der Waals surface area (Å²) < 4.78 is 3.06. The number of rotatable bonds is 4. The average molecular weight is 348 g/mol. The molecule has 0 radical (unpaired) electrons. The molecule has 2 heterocycles. The summed E-state index contributed by atoms with van der Waals surface area (Å²) in [5.41, 5.74) is 3.50. The van der Waals surface area contributed by atoms with Gasteiger partial charge < -0.3 is 9.88 Å². The van der Waals surface area contributed by atoms with Gasteiger partial charge in [-0.25, -0.2) is 9.97 Å². The number of thiazole rings is 1. The summed E-state index contributed by atoms with van der Waals surface area (Å²) in [6, 6.07) is 13.4. The van der Waals surface area contributed by atoms with Gasteiger partial charge >= 0.3 is 0 Å². The Morgan fingerprint density at radius 3 is 2.80 bits per heavy atom. The molecule has 0 bridgehead atoms. The second-order valence-electron chi connectivity index (χ2n) is 5.80. The van der Waals surface area contributed by atoms with Crippen LogP contribution in [0.2, 0.25) is 0 Å². The number of fused-ring (bicyclic) bond motifs is 1. The summed E-state index contributed by atoms with van der Waals surface area (Å²) in [7, 11) is 0. The van der Waals surface area contributed by atoms with Gasteiger partial charge in [0.2, 0.25) is 0 Å². The molecular weight excluding hydrogens is 332 g/mol. The maximum absolute atomic E-state index is 12.4. The normalized spacial score (nSPS) is 10.9. The van der Waals surface area contributed by atoms with E-state index in [0.717, 1.165) is 33.0 Å². The Hall–Kier alpha value is -2.99. The Bertz CT molecular complexity index is 1020. The van der Waals surface area contributed by atoms with Crippen molar-refractivity contribution in [2.75, 3.05) is 5.32 Å². The zero-order valence-electron chi connectivity index (χ0n) is 13.6. The van der Waals surface area contributed by atoms with Crippen molar-refractivity contribution in [1.29, 1.82) is 0 Å². The number of imidazole rings is 1. The number of aryl methyl sites for hydroxylation is 1. The van der Waals surface area contributed by atoms with E-state index in [9.17, 15) is 4.79 Å². The first kappa shape index (κ1) is 15.5. The van der Waals surface area contributed by atoms with Crippen LogP contribution in [-0.2, 0) is 6.54 Å². The zero-order valence-corrected chi connectivity index (χ0v) is 14.5. The molecule has 4 aromatic rings. The highest BCUT2D eigenvalue weighted by atomic mass is 32.1. The van der Waals surface area contributed by atoms with E-state index in [4.69, 9.17) is 0 Å². The van der Waals surface area contributed by atoms with Gasteiger partial charge in [0.25, 0.3) is 5.91 Å². The lowest BCUT2D eigenvalue weighted by molar-refractivity contribution is 0.102. The summed E-state index contributed by atoms with van der Waals surface area (Å²) in [6.45, 7) is 2.72. The molecule has 6 heteroatoms. The van der Waals surface area contributed by atoms with Crippen LogP contribution in [0.5, 0.6) is 0 Å². The number of aromatic nitrogens is 3. The van der Waals surface area contributed by atoms with E-state index in [0.29, 0.717) is 5.56 Å². The summed E-state index contributed by atoms with van der Waals surface area (Å²) in [6.07, 6.45) is 5.44. The fourth-order valence-corrected chi connectivity index (χ4v) is 3.54. The molecule has 0 aliphatic rings. The van der Waals surface area contributed by atoms with E-state index in [1.807, 2.05) is 60.2 Å². The van der Waals surface area contributed by atoms with Crippen molar-refractivity contribution in [2.24, 2.45) is 0 Å². The third kappa shape index (κ3) is 3.44. The smallest absolute Gasteiger partial charge is 0.255 e. The predicted molar refractivity (Wildman–Crippen MR) is 100 cm³/mol. The Kier molecular flexibility index (Phi) is 4.03. The van der Waals surface area contributed by atoms with Crippen LogP contribution in [0.25, 0.3) is 10.2 Å². The number of carbonyl (C=O) groups excluding carboxylic acids is 1. The number of benzene rings is 2. The molecule has 0 atom stereocenters. The molecule has 0 saturated heterocycles. The highest BCUT2D eigenvalue weighted by Crippen LogP contribution is 2.25. The lowest BCUT2D eigenvalue weighted by Crippen LogP contribution is -2.11. The standard InChI is InChI=1S/C19H16N4OS/c1-13-21-17-7-6-16(10-18(17)25-13)22-19(24)15-4-2-14(3-5-15)11-23-9-8-20-12-23/h2-10,12H,11H2,1H3,(H,22,24). The van der Waals surface area contributed by atoms with Gasteiger partial charge in [0.15, 0.2) is 0 Å². The number of nitrogens with one attached hydrogen (secondary N) is 1. The predicted octanol–water partition coefficient (Wildman–Crippen LogP) is 4.10. The molecule has 0 aliphatic carbocycles. The fourth-order valence-electron chi connectivity index (χ4n) is 2.67. The van der Waals surface area contributed by atoms with Crippen LogP contribution < -0.4 is 5.32 Å². The minimum Gasteiger partial charge on any atom is -0.333 e. The molecule has 2 aromatic carbocycles. The molecule has 0 aliphatic heterocycles. The quantitative estimate of drug-likeness (QED) is 0.604. The van der Waals surface area contributed by atoms with E-state index in [1.54, 1.807) is 23.9 Å². The van der Waals surface area contributed by atoms with E-state index in [1.165, 1.54) is 0 Å². The maximum Gasteiger partial charge on any atom is 0.255 e. The third-order valence-corrected chi connectivity index (χ3v) is 4.83. The largest absolute Gasteiger partial charge is 0.333 e. The van der Waals surface area contributed by atoms with Gasteiger partial charge in [-0.2, -0.15) is 0 Å². The molecule has 1 N–H and O–H groups in total. The van der Waals surface area contributed by atoms with Crippen LogP contribution in [0.1, 0.15) is 20.9 Å². The first-order chi connectivity index (χ1) is 12.2. The zero-order chi connectivity index (χ0) is 17.2. The Labute approximate surface area is 149 Å². The molecule has 1 amide bonds. The van der Waals surface area contributed by atoms with Crippen molar-refractivity contribution in [2.45, 2.75) is 13.5 Å². The first-order valence-corrected chi connectivity index (χ1v) is 8.72. The number of amides is 1. The number of hydrogen-bond donors (Lipinski definition) is 1. The van der Waals surface area contributed by atoms with Crippen molar-refractivity contribution in [3.8, 4) is 0 Å². The van der Waals surface area contributed by atoms with E-state index < -0.39 is 0 Å². The lowest BCUT2D eigenvalue weighted by Gasteiger charge is -2.07. The molecule has 25 heavy (non-hydrogen) atoms. The number of carbonyl (C=O) groups is 1. The highest BCUT2D eigenvalue weighted by Gasteiger charge is 2.08. The maximum atomic E-state index is 12.4. The molecule has 5 nitrogen and oxygen atoms in total. The molecular formula is C19H16N4OS. The SMILES string of the molecule is Cc1nc2ccc(NC(=O)c3ccc(Cn4ccnc4)cc3)cc2s1. The average Bonchev–Trinajstić information content (AvgIpc) is 3.23. The molecule has 0 fully saturated rings. The second kappa shape index (κ2) is 6.49. The Morgan fingerprint density at radius 2 is 2.04 bits per heavy atom. The van der Waals surface area contributed by atoms with Gasteiger partial charge in [0, 0.05) is 30.2 Å². The minimum atomic E-state index is -0.116. The van der Waals surface area contributed by atoms with Gasteiger partial charge in [0.1, 0.15) is 0 Å². The van der Waals surface area contributed by atoms with Gasteiger partial charge in [-0.05, 0) is 42.8 Å². The molecule has 4 rings (SSSR count). The third-order valence-electron chi connectivity index (χ3n) is 3.89. The van der Waals surface area contributed by atoms with Crippen LogP contribution in [0.4, 0.5) is 5.69 Å². The van der Waals surface area contributed by atoms with Crippen LogP contribution in [0.3, 0.4) is 0 Å². The van der Waals surface area contributed by atoms with Crippen molar-refractivity contribution in [1.82, 2.24) is 14.5 Å². The van der Waals surface area contributed by atoms with Gasteiger partial charge in [-0.1, -0.05) is 12.1 Å². The van der Waals surface area contributed by atoms with Crippen LogP contribution >= 0.6 is 11.3 Å². The lowest BCUT2D eigenvalue weighted by atomic mass is 10.1. The minimum absolute atomic E-state index is 0.116. The molecule has 0 unspecified atom stereocenters. The van der Waals surface area contributed by atoms with Crippen LogP contribution in [0, 0.1) is 6.92 Å². The molecule has 124 valence electrons. The topological polar surface area (TPSA) is 59.8 Å². The number of hydrogen-bond acceptors (Lipinski definition) is 4. The van der Waals surface area contributed by atoms with E-state index >= 15 is 0 Å².